The molecular formula is C15H21N3O3S. The fourth-order valence-electron chi connectivity index (χ4n) is 2.77. The van der Waals surface area contributed by atoms with Gasteiger partial charge in [0.25, 0.3) is 0 Å². The molecule has 0 amide bonds. The Kier molecular flexibility index (Phi) is 5.28. The van der Waals surface area contributed by atoms with Gasteiger partial charge in [0.1, 0.15) is 10.5 Å². The van der Waals surface area contributed by atoms with Gasteiger partial charge in [-0.25, -0.2) is 9.79 Å². The van der Waals surface area contributed by atoms with Gasteiger partial charge < -0.3 is 5.11 Å². The van der Waals surface area contributed by atoms with E-state index in [1.165, 1.54) is 9.13 Å². The van der Waals surface area contributed by atoms with E-state index in [1.807, 2.05) is 6.21 Å². The zero-order valence-corrected chi connectivity index (χ0v) is 13.7. The number of carboxylic acid groups (broad SMARTS) is 1. The molecule has 6 nitrogen and oxygen atoms in total. The number of nitrogens with zero attached hydrogens (tertiary/aromatic N) is 3. The Labute approximate surface area is 134 Å². The number of aromatic nitrogens is 2. The lowest BCUT2D eigenvalue weighted by Gasteiger charge is -2.11. The van der Waals surface area contributed by atoms with Crippen LogP contribution in [0.3, 0.4) is 0 Å². The smallest absolute Gasteiger partial charge is 0.330 e. The Bertz CT molecular complexity index is 718. The Morgan fingerprint density at radius 1 is 1.41 bits per heavy atom. The van der Waals surface area contributed by atoms with Crippen LogP contribution in [-0.2, 0) is 25.3 Å². The van der Waals surface area contributed by atoms with Crippen molar-refractivity contribution in [1.29, 1.82) is 0 Å². The van der Waals surface area contributed by atoms with Crippen LogP contribution >= 0.6 is 12.2 Å². The van der Waals surface area contributed by atoms with Crippen LogP contribution in [-0.4, -0.2) is 26.4 Å². The Morgan fingerprint density at radius 2 is 2.14 bits per heavy atom. The summed E-state index contributed by atoms with van der Waals surface area (Å²) in [5, 5.41) is 8.65. The van der Waals surface area contributed by atoms with E-state index in [2.05, 4.69) is 4.99 Å². The van der Waals surface area contributed by atoms with Crippen LogP contribution in [0.4, 0.5) is 5.82 Å². The van der Waals surface area contributed by atoms with Gasteiger partial charge in [-0.3, -0.25) is 13.9 Å². The summed E-state index contributed by atoms with van der Waals surface area (Å²) >= 11 is 5.37. The molecule has 1 N–H and O–H groups in total. The monoisotopic (exact) mass is 323 g/mol. The topological polar surface area (TPSA) is 76.6 Å². The molecule has 0 radical (unpaired) electrons. The maximum atomic E-state index is 12.1. The molecule has 0 aliphatic carbocycles. The largest absolute Gasteiger partial charge is 0.481 e. The summed E-state index contributed by atoms with van der Waals surface area (Å²) in [5.74, 6) is 0.206. The molecular weight excluding hydrogens is 302 g/mol. The summed E-state index contributed by atoms with van der Waals surface area (Å²) < 4.78 is 3.58. The van der Waals surface area contributed by atoms with Crippen LogP contribution in [0.5, 0.6) is 0 Å². The molecule has 22 heavy (non-hydrogen) atoms. The van der Waals surface area contributed by atoms with E-state index < -0.39 is 5.97 Å². The molecule has 1 atom stereocenters. The van der Waals surface area contributed by atoms with E-state index in [0.29, 0.717) is 22.8 Å². The minimum absolute atomic E-state index is 0.166. The van der Waals surface area contributed by atoms with Crippen LogP contribution in [0.2, 0.25) is 0 Å². The van der Waals surface area contributed by atoms with Crippen LogP contribution in [0.15, 0.2) is 9.79 Å². The fourth-order valence-corrected chi connectivity index (χ4v) is 3.04. The number of aliphatic carboxylic acids is 1. The summed E-state index contributed by atoms with van der Waals surface area (Å²) in [7, 11) is 3.39. The van der Waals surface area contributed by atoms with Crippen LogP contribution in [0.25, 0.3) is 0 Å². The van der Waals surface area contributed by atoms with Crippen molar-refractivity contribution in [1.82, 2.24) is 9.13 Å². The van der Waals surface area contributed by atoms with E-state index in [9.17, 15) is 9.59 Å². The summed E-state index contributed by atoms with van der Waals surface area (Å²) in [6.45, 7) is 0. The van der Waals surface area contributed by atoms with Gasteiger partial charge in [-0.15, -0.1) is 0 Å². The first-order chi connectivity index (χ1) is 10.4. The summed E-state index contributed by atoms with van der Waals surface area (Å²) in [6, 6.07) is 0. The zero-order chi connectivity index (χ0) is 16.3. The lowest BCUT2D eigenvalue weighted by Crippen LogP contribution is -2.28. The molecule has 1 aromatic heterocycles. The maximum absolute atomic E-state index is 12.1. The van der Waals surface area contributed by atoms with Crippen molar-refractivity contribution in [2.24, 2.45) is 25.0 Å². The number of hydrogen-bond acceptors (Lipinski definition) is 4. The third kappa shape index (κ3) is 3.52. The molecule has 1 unspecified atom stereocenters. The maximum Gasteiger partial charge on any atom is 0.330 e. The second-order valence-electron chi connectivity index (χ2n) is 5.72. The molecule has 0 saturated carbocycles. The van der Waals surface area contributed by atoms with Crippen molar-refractivity contribution < 1.29 is 9.90 Å². The number of rotatable bonds is 5. The van der Waals surface area contributed by atoms with Gasteiger partial charge >= 0.3 is 11.7 Å². The first-order valence-electron chi connectivity index (χ1n) is 7.46. The molecule has 2 heterocycles. The molecule has 0 saturated heterocycles. The molecule has 0 aromatic carbocycles. The minimum Gasteiger partial charge on any atom is -0.481 e. The predicted octanol–water partition coefficient (Wildman–Crippen LogP) is 2.36. The van der Waals surface area contributed by atoms with E-state index in [1.54, 1.807) is 14.1 Å². The quantitative estimate of drug-likeness (QED) is 0.666. The second-order valence-corrected chi connectivity index (χ2v) is 6.11. The molecule has 0 fully saturated rings. The lowest BCUT2D eigenvalue weighted by molar-refractivity contribution is -0.137. The number of carboxylic acids is 1. The number of aliphatic imine (C=N–C) groups is 1. The molecule has 120 valence electrons. The van der Waals surface area contributed by atoms with Crippen LogP contribution in [0.1, 0.15) is 37.7 Å². The molecule has 2 rings (SSSR count). The van der Waals surface area contributed by atoms with Gasteiger partial charge in [0, 0.05) is 32.3 Å². The van der Waals surface area contributed by atoms with Crippen molar-refractivity contribution in [3.63, 3.8) is 0 Å². The van der Waals surface area contributed by atoms with Gasteiger partial charge in [-0.2, -0.15) is 0 Å². The lowest BCUT2D eigenvalue weighted by atomic mass is 9.96. The van der Waals surface area contributed by atoms with Crippen LogP contribution in [0, 0.1) is 10.6 Å². The highest BCUT2D eigenvalue weighted by Crippen LogP contribution is 2.26. The van der Waals surface area contributed by atoms with E-state index in [-0.39, 0.29) is 12.1 Å². The molecule has 0 spiro atoms. The molecule has 1 aromatic rings. The summed E-state index contributed by atoms with van der Waals surface area (Å²) in [6.07, 6.45) is 6.29. The number of unbranched alkanes of at least 4 members (excludes halogenated alkanes) is 1. The number of carbonyl (C=O) groups is 1. The second kappa shape index (κ2) is 7.00. The summed E-state index contributed by atoms with van der Waals surface area (Å²) in [4.78, 5) is 27.1. The van der Waals surface area contributed by atoms with Crippen molar-refractivity contribution >= 4 is 30.2 Å². The Balaban J connectivity index is 2.13. The first-order valence-corrected chi connectivity index (χ1v) is 7.87. The van der Waals surface area contributed by atoms with E-state index in [0.717, 1.165) is 31.2 Å². The van der Waals surface area contributed by atoms with Crippen molar-refractivity contribution in [2.75, 3.05) is 0 Å². The van der Waals surface area contributed by atoms with Gasteiger partial charge in [0.15, 0.2) is 0 Å². The predicted molar refractivity (Wildman–Crippen MR) is 87.6 cm³/mol. The average Bonchev–Trinajstić information content (AvgIpc) is 2.70. The van der Waals surface area contributed by atoms with Gasteiger partial charge in [0.05, 0.1) is 0 Å². The first kappa shape index (κ1) is 16.6. The van der Waals surface area contributed by atoms with E-state index in [4.69, 9.17) is 17.3 Å². The molecule has 7 heteroatoms. The Hall–Kier alpha value is -1.76. The zero-order valence-electron chi connectivity index (χ0n) is 12.9. The number of fused-ring (bicyclic) bond motifs is 1. The normalized spacial score (nSPS) is 17.1. The SMILES string of the molecule is Cn1c2c(c(=S)n(C)c1=O)CCC(CCCCC(=O)O)C=N2. The standard InChI is InChI=1S/C15H21N3O3S/c1-17-13-11(14(22)18(2)15(17)21)8-7-10(9-16-13)5-3-4-6-12(19)20/h9-10H,3-8H2,1-2H3,(H,19,20). The average molecular weight is 323 g/mol. The highest BCUT2D eigenvalue weighted by molar-refractivity contribution is 7.71. The van der Waals surface area contributed by atoms with Crippen molar-refractivity contribution in [3.05, 3.63) is 20.7 Å². The fraction of sp³-hybridized carbons (Fsp3) is 0.600. The molecule has 0 bridgehead atoms. The third-order valence-corrected chi connectivity index (χ3v) is 4.63. The Morgan fingerprint density at radius 3 is 2.82 bits per heavy atom. The minimum atomic E-state index is -0.750. The van der Waals surface area contributed by atoms with Crippen molar-refractivity contribution in [3.8, 4) is 0 Å². The van der Waals surface area contributed by atoms with Crippen LogP contribution < -0.4 is 5.69 Å². The summed E-state index contributed by atoms with van der Waals surface area (Å²) in [5.41, 5.74) is 0.782. The van der Waals surface area contributed by atoms with Gasteiger partial charge in [-0.1, -0.05) is 18.6 Å². The third-order valence-electron chi connectivity index (χ3n) is 4.11. The van der Waals surface area contributed by atoms with Gasteiger partial charge in [0.2, 0.25) is 0 Å². The highest BCUT2D eigenvalue weighted by atomic mass is 32.1. The molecule has 1 aliphatic heterocycles. The van der Waals surface area contributed by atoms with Gasteiger partial charge in [-0.05, 0) is 31.6 Å². The number of hydrogen-bond donors (Lipinski definition) is 1. The highest BCUT2D eigenvalue weighted by Gasteiger charge is 2.18. The molecule has 1 aliphatic rings. The van der Waals surface area contributed by atoms with E-state index >= 15 is 0 Å². The van der Waals surface area contributed by atoms with Crippen molar-refractivity contribution in [2.45, 2.75) is 38.5 Å².